The van der Waals surface area contributed by atoms with Gasteiger partial charge in [0.2, 0.25) is 0 Å². The molecule has 2 nitrogen and oxygen atoms in total. The third-order valence-electron chi connectivity index (χ3n) is 3.25. The fourth-order valence-electron chi connectivity index (χ4n) is 2.33. The van der Waals surface area contributed by atoms with Crippen LogP contribution < -0.4 is 0 Å². The first kappa shape index (κ1) is 14.6. The number of thiophene rings is 1. The lowest BCUT2D eigenvalue weighted by molar-refractivity contribution is 0.269. The van der Waals surface area contributed by atoms with Gasteiger partial charge in [-0.2, -0.15) is 16.6 Å². The minimum atomic E-state index is -0.708. The van der Waals surface area contributed by atoms with Gasteiger partial charge in [-0.1, -0.05) is 6.07 Å². The normalized spacial score (nSPS) is 13.7. The summed E-state index contributed by atoms with van der Waals surface area (Å²) in [6.07, 6.45) is 0.131. The highest BCUT2D eigenvalue weighted by Gasteiger charge is 2.29. The van der Waals surface area contributed by atoms with Gasteiger partial charge in [-0.15, -0.1) is 0 Å². The molecule has 0 saturated carbocycles. The van der Waals surface area contributed by atoms with E-state index in [2.05, 4.69) is 6.07 Å². The molecule has 1 aromatic carbocycles. The molecule has 1 heterocycles. The van der Waals surface area contributed by atoms with Gasteiger partial charge in [-0.3, -0.25) is 0 Å². The van der Waals surface area contributed by atoms with Crippen LogP contribution >= 0.6 is 11.3 Å². The van der Waals surface area contributed by atoms with Gasteiger partial charge in [0, 0.05) is 18.1 Å². The van der Waals surface area contributed by atoms with E-state index in [1.54, 1.807) is 11.4 Å². The Morgan fingerprint density at radius 2 is 1.95 bits per heavy atom. The van der Waals surface area contributed by atoms with Gasteiger partial charge in [-0.25, -0.2) is 8.78 Å². The smallest absolute Gasteiger partial charge is 0.129 e. The largest absolute Gasteiger partial charge is 0.396 e. The number of benzene rings is 1. The van der Waals surface area contributed by atoms with Gasteiger partial charge in [0.15, 0.2) is 0 Å². The Hall–Kier alpha value is -1.77. The third-order valence-corrected chi connectivity index (χ3v) is 3.96. The summed E-state index contributed by atoms with van der Waals surface area (Å²) in [5.41, 5.74) is 0.595. The Balaban J connectivity index is 2.48. The van der Waals surface area contributed by atoms with E-state index >= 15 is 0 Å². The molecule has 0 aliphatic rings. The van der Waals surface area contributed by atoms with Crippen molar-refractivity contribution >= 4 is 11.3 Å². The summed E-state index contributed by atoms with van der Waals surface area (Å²) < 4.78 is 27.9. The van der Waals surface area contributed by atoms with E-state index in [4.69, 9.17) is 0 Å². The van der Waals surface area contributed by atoms with Crippen LogP contribution in [-0.4, -0.2) is 11.7 Å². The monoisotopic (exact) mass is 293 g/mol. The SMILES string of the molecule is N#CC(c1ccsc1)C(CCO)c1c(F)cccc1F. The van der Waals surface area contributed by atoms with E-state index in [-0.39, 0.29) is 18.6 Å². The van der Waals surface area contributed by atoms with Crippen molar-refractivity contribution in [2.75, 3.05) is 6.61 Å². The van der Waals surface area contributed by atoms with Crippen LogP contribution in [0.25, 0.3) is 0 Å². The van der Waals surface area contributed by atoms with Crippen LogP contribution in [0.3, 0.4) is 0 Å². The molecule has 0 bridgehead atoms. The molecule has 0 spiro atoms. The van der Waals surface area contributed by atoms with Crippen molar-refractivity contribution in [3.63, 3.8) is 0 Å². The van der Waals surface area contributed by atoms with Crippen LogP contribution in [0.4, 0.5) is 8.78 Å². The van der Waals surface area contributed by atoms with Crippen molar-refractivity contribution in [3.05, 3.63) is 57.8 Å². The van der Waals surface area contributed by atoms with Crippen LogP contribution in [0.2, 0.25) is 0 Å². The van der Waals surface area contributed by atoms with E-state index in [9.17, 15) is 19.1 Å². The molecule has 1 aromatic heterocycles. The molecule has 20 heavy (non-hydrogen) atoms. The van der Waals surface area contributed by atoms with Crippen molar-refractivity contribution in [2.45, 2.75) is 18.3 Å². The first-order valence-corrected chi connectivity index (χ1v) is 7.09. The first-order valence-electron chi connectivity index (χ1n) is 6.15. The number of hydrogen-bond donors (Lipinski definition) is 1. The zero-order chi connectivity index (χ0) is 14.5. The predicted molar refractivity (Wildman–Crippen MR) is 73.5 cm³/mol. The number of aliphatic hydroxyl groups excluding tert-OH is 1. The third kappa shape index (κ3) is 2.87. The summed E-state index contributed by atoms with van der Waals surface area (Å²) in [5, 5.41) is 22.1. The second-order valence-corrected chi connectivity index (χ2v) is 5.20. The van der Waals surface area contributed by atoms with Crippen LogP contribution in [0, 0.1) is 23.0 Å². The van der Waals surface area contributed by atoms with Gasteiger partial charge in [-0.05, 0) is 40.9 Å². The van der Waals surface area contributed by atoms with E-state index in [0.29, 0.717) is 0 Å². The standard InChI is InChI=1S/C15H13F2NOS/c16-13-2-1-3-14(17)15(13)11(4-6-19)12(8-18)10-5-7-20-9-10/h1-3,5,7,9,11-12,19H,4,6H2. The van der Waals surface area contributed by atoms with Crippen LogP contribution in [-0.2, 0) is 0 Å². The molecule has 0 saturated heterocycles. The van der Waals surface area contributed by atoms with Crippen molar-refractivity contribution in [2.24, 2.45) is 0 Å². The maximum absolute atomic E-state index is 13.9. The predicted octanol–water partition coefficient (Wildman–Crippen LogP) is 3.80. The molecule has 0 radical (unpaired) electrons. The lowest BCUT2D eigenvalue weighted by atomic mass is 9.81. The van der Waals surface area contributed by atoms with E-state index in [1.165, 1.54) is 29.5 Å². The molecule has 0 aliphatic heterocycles. The van der Waals surface area contributed by atoms with Gasteiger partial charge in [0.1, 0.15) is 11.6 Å². The minimum Gasteiger partial charge on any atom is -0.396 e. The lowest BCUT2D eigenvalue weighted by Crippen LogP contribution is -2.14. The maximum atomic E-state index is 13.9. The van der Waals surface area contributed by atoms with E-state index < -0.39 is 23.5 Å². The van der Waals surface area contributed by atoms with Crippen molar-refractivity contribution in [1.82, 2.24) is 0 Å². The second kappa shape index (κ2) is 6.60. The average molecular weight is 293 g/mol. The van der Waals surface area contributed by atoms with E-state index in [1.807, 2.05) is 5.38 Å². The van der Waals surface area contributed by atoms with Crippen molar-refractivity contribution in [1.29, 1.82) is 5.26 Å². The van der Waals surface area contributed by atoms with Crippen molar-refractivity contribution in [3.8, 4) is 6.07 Å². The molecule has 0 aliphatic carbocycles. The van der Waals surface area contributed by atoms with Crippen LogP contribution in [0.15, 0.2) is 35.0 Å². The van der Waals surface area contributed by atoms with E-state index in [0.717, 1.165) is 5.56 Å². The summed E-state index contributed by atoms with van der Waals surface area (Å²) >= 11 is 1.42. The number of hydrogen-bond acceptors (Lipinski definition) is 3. The Morgan fingerprint density at radius 1 is 1.25 bits per heavy atom. The molecule has 0 fully saturated rings. The summed E-state index contributed by atoms with van der Waals surface area (Å²) in [6.45, 7) is -0.235. The number of nitrogens with zero attached hydrogens (tertiary/aromatic N) is 1. The molecule has 1 N–H and O–H groups in total. The number of halogens is 2. The zero-order valence-electron chi connectivity index (χ0n) is 10.6. The Bertz CT molecular complexity index is 587. The van der Waals surface area contributed by atoms with Crippen LogP contribution in [0.5, 0.6) is 0 Å². The molecule has 2 rings (SSSR count). The van der Waals surface area contributed by atoms with Crippen molar-refractivity contribution < 1.29 is 13.9 Å². The topological polar surface area (TPSA) is 44.0 Å². The number of rotatable bonds is 5. The molecule has 0 amide bonds. The van der Waals surface area contributed by atoms with Gasteiger partial charge >= 0.3 is 0 Å². The number of nitriles is 1. The Labute approximate surface area is 119 Å². The van der Waals surface area contributed by atoms with Gasteiger partial charge < -0.3 is 5.11 Å². The molecule has 2 atom stereocenters. The molecule has 2 aromatic rings. The highest BCUT2D eigenvalue weighted by atomic mass is 32.1. The first-order chi connectivity index (χ1) is 9.69. The van der Waals surface area contributed by atoms with Crippen LogP contribution in [0.1, 0.15) is 29.4 Å². The van der Waals surface area contributed by atoms with Gasteiger partial charge in [0.05, 0.1) is 12.0 Å². The highest BCUT2D eigenvalue weighted by molar-refractivity contribution is 7.08. The fraction of sp³-hybridized carbons (Fsp3) is 0.267. The Morgan fingerprint density at radius 3 is 2.45 bits per heavy atom. The summed E-state index contributed by atoms with van der Waals surface area (Å²) in [7, 11) is 0. The summed E-state index contributed by atoms with van der Waals surface area (Å²) in [6, 6.07) is 7.50. The Kier molecular flexibility index (Phi) is 4.83. The quantitative estimate of drug-likeness (QED) is 0.911. The maximum Gasteiger partial charge on any atom is 0.129 e. The molecule has 5 heteroatoms. The molecular formula is C15H13F2NOS. The number of aliphatic hydroxyl groups is 1. The highest BCUT2D eigenvalue weighted by Crippen LogP contribution is 2.38. The molecule has 104 valence electrons. The second-order valence-electron chi connectivity index (χ2n) is 4.42. The fourth-order valence-corrected chi connectivity index (χ4v) is 3.03. The van der Waals surface area contributed by atoms with Gasteiger partial charge in [0.25, 0.3) is 0 Å². The minimum absolute atomic E-state index is 0.126. The molecular weight excluding hydrogens is 280 g/mol. The summed E-state index contributed by atoms with van der Waals surface area (Å²) in [5.74, 6) is -2.75. The zero-order valence-corrected chi connectivity index (χ0v) is 11.4. The lowest BCUT2D eigenvalue weighted by Gasteiger charge is -2.22. The molecule has 2 unspecified atom stereocenters. The average Bonchev–Trinajstić information content (AvgIpc) is 2.93. The summed E-state index contributed by atoms with van der Waals surface area (Å²) in [4.78, 5) is 0.